The molecule has 1 aromatic carbocycles. The first-order valence-electron chi connectivity index (χ1n) is 8.09. The first kappa shape index (κ1) is 17.3. The molecule has 1 aliphatic heterocycles. The molecule has 1 fully saturated rings. The Hall–Kier alpha value is -2.54. The lowest BCUT2D eigenvalue weighted by Gasteiger charge is -2.38. The van der Waals surface area contributed by atoms with Gasteiger partial charge in [-0.05, 0) is 30.7 Å². The maximum atomic E-state index is 13.9. The zero-order chi connectivity index (χ0) is 18.0. The van der Waals surface area contributed by atoms with Gasteiger partial charge in [-0.25, -0.2) is 8.78 Å². The van der Waals surface area contributed by atoms with E-state index in [2.05, 4.69) is 16.8 Å². The van der Waals surface area contributed by atoms with Crippen LogP contribution < -0.4 is 0 Å². The Balaban J connectivity index is 1.69. The normalized spacial score (nSPS) is 16.7. The molecule has 1 unspecified atom stereocenters. The Labute approximate surface area is 144 Å². The number of aromatic hydroxyl groups is 1. The van der Waals surface area contributed by atoms with E-state index in [1.807, 2.05) is 12.1 Å². The lowest BCUT2D eigenvalue weighted by molar-refractivity contribution is 0.0572. The van der Waals surface area contributed by atoms with Gasteiger partial charge in [0.1, 0.15) is 11.4 Å². The third-order valence-corrected chi connectivity index (χ3v) is 4.60. The number of phenolic OH excluding ortho intramolecular Hbond substituents is 1. The van der Waals surface area contributed by atoms with Gasteiger partial charge in [-0.15, -0.1) is 0 Å². The third kappa shape index (κ3) is 3.46. The van der Waals surface area contributed by atoms with Crippen molar-refractivity contribution in [2.75, 3.05) is 26.2 Å². The highest BCUT2D eigenvalue weighted by Gasteiger charge is 2.29. The number of amides is 1. The van der Waals surface area contributed by atoms with E-state index in [4.69, 9.17) is 0 Å². The van der Waals surface area contributed by atoms with Crippen LogP contribution in [0.2, 0.25) is 0 Å². The summed E-state index contributed by atoms with van der Waals surface area (Å²) in [5.41, 5.74) is 0.376. The van der Waals surface area contributed by atoms with E-state index in [1.54, 1.807) is 12.4 Å². The van der Waals surface area contributed by atoms with E-state index < -0.39 is 28.9 Å². The molecule has 7 heteroatoms. The lowest BCUT2D eigenvalue weighted by atomic mass is 10.1. The number of hydrogen-bond donors (Lipinski definition) is 1. The maximum Gasteiger partial charge on any atom is 0.260 e. The number of rotatable bonds is 3. The number of benzene rings is 1. The molecule has 0 bridgehead atoms. The second-order valence-electron chi connectivity index (χ2n) is 6.05. The molecule has 2 aromatic rings. The minimum atomic E-state index is -1.21. The zero-order valence-corrected chi connectivity index (χ0v) is 13.8. The largest absolute Gasteiger partial charge is 0.505 e. The topological polar surface area (TPSA) is 56.7 Å². The zero-order valence-electron chi connectivity index (χ0n) is 13.8. The highest BCUT2D eigenvalue weighted by Crippen LogP contribution is 2.25. The van der Waals surface area contributed by atoms with Gasteiger partial charge in [0.2, 0.25) is 0 Å². The molecular formula is C18H19F2N3O2. The minimum Gasteiger partial charge on any atom is -0.505 e. The smallest absolute Gasteiger partial charge is 0.260 e. The average molecular weight is 347 g/mol. The monoisotopic (exact) mass is 347 g/mol. The van der Waals surface area contributed by atoms with Crippen LogP contribution in [0.4, 0.5) is 8.78 Å². The molecule has 132 valence electrons. The molecule has 0 spiro atoms. The van der Waals surface area contributed by atoms with Gasteiger partial charge >= 0.3 is 0 Å². The van der Waals surface area contributed by atoms with Crippen molar-refractivity contribution in [2.24, 2.45) is 0 Å². The van der Waals surface area contributed by atoms with Crippen LogP contribution in [0.15, 0.2) is 36.7 Å². The van der Waals surface area contributed by atoms with E-state index in [-0.39, 0.29) is 6.04 Å². The predicted octanol–water partition coefficient (Wildman–Crippen LogP) is 2.58. The number of nitrogens with zero attached hydrogens (tertiary/aromatic N) is 3. The van der Waals surface area contributed by atoms with Crippen LogP contribution in [0.1, 0.15) is 28.9 Å². The summed E-state index contributed by atoms with van der Waals surface area (Å²) in [5, 5.41) is 9.39. The second-order valence-corrected chi connectivity index (χ2v) is 6.05. The predicted molar refractivity (Wildman–Crippen MR) is 88.2 cm³/mol. The summed E-state index contributed by atoms with van der Waals surface area (Å²) in [4.78, 5) is 20.2. The van der Waals surface area contributed by atoms with Gasteiger partial charge < -0.3 is 10.0 Å². The highest BCUT2D eigenvalue weighted by molar-refractivity contribution is 5.95. The Morgan fingerprint density at radius 3 is 2.56 bits per heavy atom. The SMILES string of the molecule is CC(c1cccnc1)N1CCN(C(=O)c2c(F)ccc(O)c2F)CC1. The van der Waals surface area contributed by atoms with Gasteiger partial charge in [0.15, 0.2) is 11.6 Å². The van der Waals surface area contributed by atoms with Crippen molar-refractivity contribution in [2.45, 2.75) is 13.0 Å². The highest BCUT2D eigenvalue weighted by atomic mass is 19.1. The van der Waals surface area contributed by atoms with Gasteiger partial charge in [0, 0.05) is 44.6 Å². The summed E-state index contributed by atoms with van der Waals surface area (Å²) in [5.74, 6) is -3.64. The first-order valence-corrected chi connectivity index (χ1v) is 8.09. The molecule has 1 amide bonds. The van der Waals surface area contributed by atoms with Gasteiger partial charge in [-0.1, -0.05) is 6.07 Å². The number of phenols is 1. The fourth-order valence-electron chi connectivity index (χ4n) is 3.04. The van der Waals surface area contributed by atoms with Crippen molar-refractivity contribution < 1.29 is 18.7 Å². The molecule has 0 saturated carbocycles. The quantitative estimate of drug-likeness (QED) is 0.927. The number of hydrogen-bond acceptors (Lipinski definition) is 4. The Kier molecular flexibility index (Phi) is 4.94. The van der Waals surface area contributed by atoms with Crippen LogP contribution in [0.3, 0.4) is 0 Å². The average Bonchev–Trinajstić information content (AvgIpc) is 2.65. The number of halogens is 2. The molecule has 2 heterocycles. The molecule has 0 aliphatic carbocycles. The van der Waals surface area contributed by atoms with Crippen molar-refractivity contribution in [3.63, 3.8) is 0 Å². The second kappa shape index (κ2) is 7.14. The van der Waals surface area contributed by atoms with E-state index in [0.717, 1.165) is 17.7 Å². The number of piperazine rings is 1. The summed E-state index contributed by atoms with van der Waals surface area (Å²) >= 11 is 0. The number of pyridine rings is 1. The summed E-state index contributed by atoms with van der Waals surface area (Å²) in [7, 11) is 0. The van der Waals surface area contributed by atoms with Crippen LogP contribution >= 0.6 is 0 Å². The van der Waals surface area contributed by atoms with E-state index in [0.29, 0.717) is 26.2 Å². The van der Waals surface area contributed by atoms with Gasteiger partial charge in [0.25, 0.3) is 5.91 Å². The molecule has 1 saturated heterocycles. The number of carbonyl (C=O) groups is 1. The summed E-state index contributed by atoms with van der Waals surface area (Å²) < 4.78 is 27.8. The van der Waals surface area contributed by atoms with Crippen molar-refractivity contribution in [3.8, 4) is 5.75 Å². The molecule has 25 heavy (non-hydrogen) atoms. The Morgan fingerprint density at radius 1 is 1.20 bits per heavy atom. The minimum absolute atomic E-state index is 0.139. The molecule has 1 atom stereocenters. The van der Waals surface area contributed by atoms with Crippen LogP contribution in [-0.4, -0.2) is 52.0 Å². The number of aromatic nitrogens is 1. The molecule has 1 N–H and O–H groups in total. The lowest BCUT2D eigenvalue weighted by Crippen LogP contribution is -2.49. The molecule has 5 nitrogen and oxygen atoms in total. The first-order chi connectivity index (χ1) is 12.0. The van der Waals surface area contributed by atoms with Crippen LogP contribution in [-0.2, 0) is 0 Å². The van der Waals surface area contributed by atoms with Crippen LogP contribution in [0.5, 0.6) is 5.75 Å². The fourth-order valence-corrected chi connectivity index (χ4v) is 3.04. The van der Waals surface area contributed by atoms with Crippen LogP contribution in [0.25, 0.3) is 0 Å². The standard InChI is InChI=1S/C18H19F2N3O2/c1-12(13-3-2-6-21-11-13)22-7-9-23(10-8-22)18(25)16-14(19)4-5-15(24)17(16)20/h2-6,11-12,24H,7-10H2,1H3. The van der Waals surface area contributed by atoms with Crippen molar-refractivity contribution in [3.05, 3.63) is 59.4 Å². The molecule has 1 aliphatic rings. The molecule has 0 radical (unpaired) electrons. The summed E-state index contributed by atoms with van der Waals surface area (Å²) in [6, 6.07) is 5.80. The molecular weight excluding hydrogens is 328 g/mol. The summed E-state index contributed by atoms with van der Waals surface area (Å²) in [6.45, 7) is 3.95. The van der Waals surface area contributed by atoms with Crippen molar-refractivity contribution in [1.29, 1.82) is 0 Å². The fraction of sp³-hybridized carbons (Fsp3) is 0.333. The third-order valence-electron chi connectivity index (χ3n) is 4.60. The van der Waals surface area contributed by atoms with Crippen molar-refractivity contribution in [1.82, 2.24) is 14.8 Å². The van der Waals surface area contributed by atoms with Gasteiger partial charge in [-0.3, -0.25) is 14.7 Å². The van der Waals surface area contributed by atoms with E-state index in [1.165, 1.54) is 4.90 Å². The van der Waals surface area contributed by atoms with Crippen LogP contribution in [0, 0.1) is 11.6 Å². The maximum absolute atomic E-state index is 13.9. The van der Waals surface area contributed by atoms with E-state index >= 15 is 0 Å². The van der Waals surface area contributed by atoms with Crippen molar-refractivity contribution >= 4 is 5.91 Å². The van der Waals surface area contributed by atoms with Gasteiger partial charge in [0.05, 0.1) is 0 Å². The molecule has 1 aromatic heterocycles. The Morgan fingerprint density at radius 2 is 1.92 bits per heavy atom. The Bertz CT molecular complexity index is 762. The number of carbonyl (C=O) groups excluding carboxylic acids is 1. The van der Waals surface area contributed by atoms with Gasteiger partial charge in [-0.2, -0.15) is 0 Å². The molecule has 3 rings (SSSR count). The van der Waals surface area contributed by atoms with E-state index in [9.17, 15) is 18.7 Å². The summed E-state index contributed by atoms with van der Waals surface area (Å²) in [6.07, 6.45) is 3.52.